The van der Waals surface area contributed by atoms with E-state index in [1.807, 2.05) is 18.3 Å². The molecule has 1 aromatic carbocycles. The summed E-state index contributed by atoms with van der Waals surface area (Å²) in [5, 5.41) is 5.54. The standard InChI is InChI=1S/C17H22N2O3/c1-2-22-16(20)15-9-7-14(8-10-15)12-19-17(21)18-11-13-5-3-4-6-13/h7-11H,2-6,12H2,1H3,(H2,18,19,21). The third-order valence-corrected chi connectivity index (χ3v) is 3.57. The molecule has 0 aliphatic heterocycles. The van der Waals surface area contributed by atoms with Gasteiger partial charge in [0.15, 0.2) is 0 Å². The molecular formula is C17H22N2O3. The number of nitrogens with one attached hydrogen (secondary N) is 2. The van der Waals surface area contributed by atoms with E-state index in [2.05, 4.69) is 10.6 Å². The highest BCUT2D eigenvalue weighted by molar-refractivity contribution is 5.89. The Morgan fingerprint density at radius 2 is 1.86 bits per heavy atom. The SMILES string of the molecule is CCOC(=O)c1ccc(CNC(=O)NC=C2CCCC2)cc1. The molecule has 5 heteroatoms. The number of rotatable bonds is 5. The van der Waals surface area contributed by atoms with Gasteiger partial charge in [0.05, 0.1) is 12.2 Å². The molecule has 1 aliphatic carbocycles. The maximum Gasteiger partial charge on any atom is 0.338 e. The van der Waals surface area contributed by atoms with Gasteiger partial charge in [-0.3, -0.25) is 0 Å². The summed E-state index contributed by atoms with van der Waals surface area (Å²) in [7, 11) is 0. The lowest BCUT2D eigenvalue weighted by Gasteiger charge is -2.07. The average Bonchev–Trinajstić information content (AvgIpc) is 3.05. The quantitative estimate of drug-likeness (QED) is 0.821. The van der Waals surface area contributed by atoms with E-state index in [-0.39, 0.29) is 12.0 Å². The van der Waals surface area contributed by atoms with Crippen LogP contribution in [0.4, 0.5) is 4.79 Å². The van der Waals surface area contributed by atoms with Crippen molar-refractivity contribution in [1.29, 1.82) is 0 Å². The Hall–Kier alpha value is -2.30. The normalized spacial score (nSPS) is 13.6. The maximum absolute atomic E-state index is 11.7. The van der Waals surface area contributed by atoms with Gasteiger partial charge in [-0.15, -0.1) is 0 Å². The number of hydrogen-bond donors (Lipinski definition) is 2. The zero-order valence-electron chi connectivity index (χ0n) is 12.9. The molecule has 2 N–H and O–H groups in total. The van der Waals surface area contributed by atoms with Crippen molar-refractivity contribution in [3.63, 3.8) is 0 Å². The lowest BCUT2D eigenvalue weighted by molar-refractivity contribution is 0.0526. The summed E-state index contributed by atoms with van der Waals surface area (Å²) in [6, 6.07) is 6.80. The fourth-order valence-electron chi connectivity index (χ4n) is 2.35. The number of benzene rings is 1. The van der Waals surface area contributed by atoms with E-state index in [4.69, 9.17) is 4.74 Å². The van der Waals surface area contributed by atoms with Gasteiger partial charge in [0.2, 0.25) is 0 Å². The van der Waals surface area contributed by atoms with Crippen molar-refractivity contribution in [2.75, 3.05) is 6.61 Å². The maximum atomic E-state index is 11.7. The molecule has 0 radical (unpaired) electrons. The summed E-state index contributed by atoms with van der Waals surface area (Å²) in [5.41, 5.74) is 2.74. The third-order valence-electron chi connectivity index (χ3n) is 3.57. The van der Waals surface area contributed by atoms with Gasteiger partial charge in [-0.2, -0.15) is 0 Å². The predicted octanol–water partition coefficient (Wildman–Crippen LogP) is 3.12. The Balaban J connectivity index is 1.77. The molecular weight excluding hydrogens is 280 g/mol. The number of carbonyl (C=O) groups excluding carboxylic acids is 2. The fraction of sp³-hybridized carbons (Fsp3) is 0.412. The largest absolute Gasteiger partial charge is 0.462 e. The second kappa shape index (κ2) is 8.22. The van der Waals surface area contributed by atoms with Crippen molar-refractivity contribution in [1.82, 2.24) is 10.6 Å². The van der Waals surface area contributed by atoms with Crippen LogP contribution in [-0.4, -0.2) is 18.6 Å². The predicted molar refractivity (Wildman–Crippen MR) is 84.3 cm³/mol. The summed E-state index contributed by atoms with van der Waals surface area (Å²) in [6.07, 6.45) is 6.39. The summed E-state index contributed by atoms with van der Waals surface area (Å²) < 4.78 is 4.92. The van der Waals surface area contributed by atoms with Crippen molar-refractivity contribution in [2.24, 2.45) is 0 Å². The minimum absolute atomic E-state index is 0.214. The fourth-order valence-corrected chi connectivity index (χ4v) is 2.35. The van der Waals surface area contributed by atoms with Gasteiger partial charge in [-0.1, -0.05) is 17.7 Å². The van der Waals surface area contributed by atoms with Gasteiger partial charge >= 0.3 is 12.0 Å². The first kappa shape index (κ1) is 16.1. The second-order valence-corrected chi connectivity index (χ2v) is 5.25. The highest BCUT2D eigenvalue weighted by Crippen LogP contribution is 2.22. The monoisotopic (exact) mass is 302 g/mol. The van der Waals surface area contributed by atoms with Crippen molar-refractivity contribution < 1.29 is 14.3 Å². The Labute approximate surface area is 130 Å². The highest BCUT2D eigenvalue weighted by Gasteiger charge is 2.08. The third kappa shape index (κ3) is 4.91. The van der Waals surface area contributed by atoms with Crippen LogP contribution in [-0.2, 0) is 11.3 Å². The van der Waals surface area contributed by atoms with E-state index >= 15 is 0 Å². The number of allylic oxidation sites excluding steroid dienone is 1. The van der Waals surface area contributed by atoms with Gasteiger partial charge in [-0.05, 0) is 50.3 Å². The minimum Gasteiger partial charge on any atom is -0.462 e. The summed E-state index contributed by atoms with van der Waals surface area (Å²) in [5.74, 6) is -0.331. The molecule has 1 fully saturated rings. The first-order chi connectivity index (χ1) is 10.7. The average molecular weight is 302 g/mol. The van der Waals surface area contributed by atoms with Crippen LogP contribution in [0, 0.1) is 0 Å². The molecule has 1 aromatic rings. The molecule has 0 saturated heterocycles. The van der Waals surface area contributed by atoms with Crippen molar-refractivity contribution >= 4 is 12.0 Å². The van der Waals surface area contributed by atoms with Gasteiger partial charge in [0.1, 0.15) is 0 Å². The molecule has 22 heavy (non-hydrogen) atoms. The Bertz CT molecular complexity index is 542. The lowest BCUT2D eigenvalue weighted by atomic mass is 10.1. The number of hydrogen-bond acceptors (Lipinski definition) is 3. The van der Waals surface area contributed by atoms with Crippen LogP contribution in [0.5, 0.6) is 0 Å². The van der Waals surface area contributed by atoms with Gasteiger partial charge < -0.3 is 15.4 Å². The van der Waals surface area contributed by atoms with E-state index in [1.54, 1.807) is 19.1 Å². The summed E-state index contributed by atoms with van der Waals surface area (Å²) in [4.78, 5) is 23.2. The first-order valence-electron chi connectivity index (χ1n) is 7.67. The van der Waals surface area contributed by atoms with E-state index < -0.39 is 0 Å². The second-order valence-electron chi connectivity index (χ2n) is 5.25. The highest BCUT2D eigenvalue weighted by atomic mass is 16.5. The minimum atomic E-state index is -0.331. The lowest BCUT2D eigenvalue weighted by Crippen LogP contribution is -2.31. The molecule has 1 aliphatic rings. The summed E-state index contributed by atoms with van der Waals surface area (Å²) in [6.45, 7) is 2.55. The zero-order chi connectivity index (χ0) is 15.8. The van der Waals surface area contributed by atoms with Crippen molar-refractivity contribution in [2.45, 2.75) is 39.2 Å². The molecule has 1 saturated carbocycles. The number of amides is 2. The summed E-state index contributed by atoms with van der Waals surface area (Å²) >= 11 is 0. The molecule has 0 spiro atoms. The van der Waals surface area contributed by atoms with Crippen molar-refractivity contribution in [3.05, 3.63) is 47.2 Å². The molecule has 0 unspecified atom stereocenters. The molecule has 5 nitrogen and oxygen atoms in total. The van der Waals surface area contributed by atoms with Crippen LogP contribution in [0.1, 0.15) is 48.5 Å². The topological polar surface area (TPSA) is 67.4 Å². The molecule has 2 rings (SSSR count). The molecule has 2 amide bonds. The van der Waals surface area contributed by atoms with Crippen LogP contribution < -0.4 is 10.6 Å². The van der Waals surface area contributed by atoms with Crippen LogP contribution in [0.2, 0.25) is 0 Å². The van der Waals surface area contributed by atoms with E-state index in [0.29, 0.717) is 18.7 Å². The van der Waals surface area contributed by atoms with Gasteiger partial charge in [0, 0.05) is 12.7 Å². The molecule has 118 valence electrons. The molecule has 0 aromatic heterocycles. The number of esters is 1. The van der Waals surface area contributed by atoms with Gasteiger partial charge in [-0.25, -0.2) is 9.59 Å². The molecule has 0 atom stereocenters. The van der Waals surface area contributed by atoms with E-state index in [1.165, 1.54) is 18.4 Å². The zero-order valence-corrected chi connectivity index (χ0v) is 12.9. The van der Waals surface area contributed by atoms with E-state index in [9.17, 15) is 9.59 Å². The van der Waals surface area contributed by atoms with Crippen LogP contribution in [0.25, 0.3) is 0 Å². The first-order valence-corrected chi connectivity index (χ1v) is 7.67. The van der Waals surface area contributed by atoms with Crippen LogP contribution in [0.3, 0.4) is 0 Å². The number of ether oxygens (including phenoxy) is 1. The Morgan fingerprint density at radius 1 is 1.18 bits per heavy atom. The van der Waals surface area contributed by atoms with Crippen molar-refractivity contribution in [3.8, 4) is 0 Å². The molecule has 0 heterocycles. The number of carbonyl (C=O) groups is 2. The Kier molecular flexibility index (Phi) is 6.01. The Morgan fingerprint density at radius 3 is 2.50 bits per heavy atom. The van der Waals surface area contributed by atoms with Gasteiger partial charge in [0.25, 0.3) is 0 Å². The smallest absolute Gasteiger partial charge is 0.338 e. The van der Waals surface area contributed by atoms with Crippen LogP contribution >= 0.6 is 0 Å². The van der Waals surface area contributed by atoms with Crippen LogP contribution in [0.15, 0.2) is 36.0 Å². The molecule has 0 bridgehead atoms. The van der Waals surface area contributed by atoms with E-state index in [0.717, 1.165) is 18.4 Å². The number of urea groups is 1.